The third kappa shape index (κ3) is 2.60. The van der Waals surface area contributed by atoms with E-state index >= 15 is 0 Å². The standard InChI is InChI=1S/C12H14N4O3/c1-2-17-6-11-14-12(16-15-11)13-8-3-4-9-10(5-8)19-7-18-9/h3-5H,2,6-7H2,1H3,(H2,13,14,15,16). The minimum atomic E-state index is 0.262. The van der Waals surface area contributed by atoms with Gasteiger partial charge in [0.1, 0.15) is 6.61 Å². The van der Waals surface area contributed by atoms with Crippen molar-refractivity contribution >= 4 is 11.6 Å². The Hall–Kier alpha value is -2.28. The summed E-state index contributed by atoms with van der Waals surface area (Å²) in [6.07, 6.45) is 0. The zero-order valence-corrected chi connectivity index (χ0v) is 10.5. The van der Waals surface area contributed by atoms with E-state index in [0.717, 1.165) is 17.2 Å². The summed E-state index contributed by atoms with van der Waals surface area (Å²) in [5, 5.41) is 9.95. The fourth-order valence-electron chi connectivity index (χ4n) is 1.72. The fraction of sp³-hybridized carbons (Fsp3) is 0.333. The van der Waals surface area contributed by atoms with Crippen molar-refractivity contribution in [2.24, 2.45) is 0 Å². The van der Waals surface area contributed by atoms with E-state index in [1.165, 1.54) is 0 Å². The van der Waals surface area contributed by atoms with Crippen molar-refractivity contribution in [2.45, 2.75) is 13.5 Å². The quantitative estimate of drug-likeness (QED) is 0.855. The Bertz CT molecular complexity index is 570. The molecule has 1 aliphatic heterocycles. The van der Waals surface area contributed by atoms with Crippen LogP contribution < -0.4 is 14.8 Å². The maximum absolute atomic E-state index is 5.30. The Morgan fingerprint density at radius 2 is 2.26 bits per heavy atom. The molecule has 0 unspecified atom stereocenters. The third-order valence-corrected chi connectivity index (χ3v) is 2.60. The number of H-pyrrole nitrogens is 1. The van der Waals surface area contributed by atoms with Crippen LogP contribution in [0.5, 0.6) is 11.5 Å². The van der Waals surface area contributed by atoms with Gasteiger partial charge in [0.05, 0.1) is 0 Å². The highest BCUT2D eigenvalue weighted by molar-refractivity contribution is 5.60. The average Bonchev–Trinajstić information content (AvgIpc) is 3.05. The molecule has 2 heterocycles. The summed E-state index contributed by atoms with van der Waals surface area (Å²) < 4.78 is 15.8. The molecule has 0 saturated heterocycles. The molecule has 1 aromatic carbocycles. The first kappa shape index (κ1) is 11.8. The minimum Gasteiger partial charge on any atom is -0.454 e. The molecule has 1 aliphatic rings. The first-order valence-corrected chi connectivity index (χ1v) is 6.01. The lowest BCUT2D eigenvalue weighted by molar-refractivity contribution is 0.128. The maximum Gasteiger partial charge on any atom is 0.246 e. The van der Waals surface area contributed by atoms with Crippen LogP contribution in [0.4, 0.5) is 11.6 Å². The van der Waals surface area contributed by atoms with Gasteiger partial charge in [0.2, 0.25) is 12.7 Å². The Balaban J connectivity index is 1.69. The summed E-state index contributed by atoms with van der Waals surface area (Å²) in [6, 6.07) is 5.57. The van der Waals surface area contributed by atoms with Crippen molar-refractivity contribution < 1.29 is 14.2 Å². The monoisotopic (exact) mass is 262 g/mol. The molecule has 2 N–H and O–H groups in total. The fourth-order valence-corrected chi connectivity index (χ4v) is 1.72. The third-order valence-electron chi connectivity index (χ3n) is 2.60. The van der Waals surface area contributed by atoms with Gasteiger partial charge in [-0.2, -0.15) is 4.98 Å². The largest absolute Gasteiger partial charge is 0.454 e. The van der Waals surface area contributed by atoms with Gasteiger partial charge in [-0.1, -0.05) is 0 Å². The number of rotatable bonds is 5. The van der Waals surface area contributed by atoms with Gasteiger partial charge in [0, 0.05) is 18.4 Å². The van der Waals surface area contributed by atoms with Crippen LogP contribution in [0.2, 0.25) is 0 Å². The molecule has 7 heteroatoms. The molecule has 7 nitrogen and oxygen atoms in total. The van der Waals surface area contributed by atoms with Gasteiger partial charge in [-0.25, -0.2) is 0 Å². The smallest absolute Gasteiger partial charge is 0.246 e. The second-order valence-electron chi connectivity index (χ2n) is 3.94. The number of nitrogens with zero attached hydrogens (tertiary/aromatic N) is 2. The molecule has 100 valence electrons. The first-order chi connectivity index (χ1) is 9.35. The van der Waals surface area contributed by atoms with Crippen LogP contribution in [-0.4, -0.2) is 28.6 Å². The van der Waals surface area contributed by atoms with Gasteiger partial charge in [0.15, 0.2) is 17.3 Å². The highest BCUT2D eigenvalue weighted by Crippen LogP contribution is 2.34. The van der Waals surface area contributed by atoms with Crippen molar-refractivity contribution in [3.63, 3.8) is 0 Å². The van der Waals surface area contributed by atoms with Gasteiger partial charge in [0.25, 0.3) is 0 Å². The van der Waals surface area contributed by atoms with Crippen molar-refractivity contribution in [3.05, 3.63) is 24.0 Å². The molecule has 0 bridgehead atoms. The number of ether oxygens (including phenoxy) is 3. The number of hydrogen-bond donors (Lipinski definition) is 2. The van der Waals surface area contributed by atoms with Crippen LogP contribution in [0.1, 0.15) is 12.7 Å². The normalized spacial score (nSPS) is 12.7. The number of aromatic amines is 1. The zero-order chi connectivity index (χ0) is 13.1. The van der Waals surface area contributed by atoms with Crippen LogP contribution in [-0.2, 0) is 11.3 Å². The lowest BCUT2D eigenvalue weighted by Crippen LogP contribution is -1.95. The summed E-state index contributed by atoms with van der Waals surface area (Å²) in [5.74, 6) is 2.64. The van der Waals surface area contributed by atoms with Gasteiger partial charge in [-0.15, -0.1) is 5.10 Å². The SMILES string of the molecule is CCOCc1nc(Nc2ccc3c(c2)OCO3)n[nH]1. The van der Waals surface area contributed by atoms with Crippen LogP contribution in [0.15, 0.2) is 18.2 Å². The highest BCUT2D eigenvalue weighted by Gasteiger charge is 2.13. The predicted octanol–water partition coefficient (Wildman–Crippen LogP) is 1.81. The van der Waals surface area contributed by atoms with Crippen LogP contribution in [0.3, 0.4) is 0 Å². The molecule has 0 aliphatic carbocycles. The summed E-state index contributed by atoms with van der Waals surface area (Å²) in [7, 11) is 0. The Labute approximate surface area is 109 Å². The Morgan fingerprint density at radius 1 is 1.37 bits per heavy atom. The Kier molecular flexibility index (Phi) is 3.20. The number of aromatic nitrogens is 3. The number of hydrogen-bond acceptors (Lipinski definition) is 6. The summed E-state index contributed by atoms with van der Waals surface area (Å²) in [6.45, 7) is 3.26. The number of anilines is 2. The molecule has 0 saturated carbocycles. The molecule has 3 rings (SSSR count). The van der Waals surface area contributed by atoms with Gasteiger partial charge in [-0.05, 0) is 19.1 Å². The molecular formula is C12H14N4O3. The van der Waals surface area contributed by atoms with Gasteiger partial charge < -0.3 is 19.5 Å². The van der Waals surface area contributed by atoms with E-state index in [4.69, 9.17) is 14.2 Å². The van der Waals surface area contributed by atoms with Crippen LogP contribution in [0.25, 0.3) is 0 Å². The van der Waals surface area contributed by atoms with Crippen molar-refractivity contribution in [1.29, 1.82) is 0 Å². The molecule has 1 aromatic heterocycles. The lowest BCUT2D eigenvalue weighted by atomic mass is 10.3. The number of nitrogens with one attached hydrogen (secondary N) is 2. The molecule has 0 fully saturated rings. The van der Waals surface area contributed by atoms with Crippen molar-refractivity contribution in [3.8, 4) is 11.5 Å². The van der Waals surface area contributed by atoms with E-state index in [9.17, 15) is 0 Å². The molecule has 2 aromatic rings. The topological polar surface area (TPSA) is 81.3 Å². The van der Waals surface area contributed by atoms with E-state index < -0.39 is 0 Å². The van der Waals surface area contributed by atoms with Gasteiger partial charge in [-0.3, -0.25) is 5.10 Å². The molecule has 0 amide bonds. The van der Waals surface area contributed by atoms with E-state index in [1.807, 2.05) is 25.1 Å². The summed E-state index contributed by atoms with van der Waals surface area (Å²) in [4.78, 5) is 4.26. The average molecular weight is 262 g/mol. The number of benzene rings is 1. The van der Waals surface area contributed by atoms with E-state index in [-0.39, 0.29) is 6.79 Å². The van der Waals surface area contributed by atoms with E-state index in [0.29, 0.717) is 25.0 Å². The van der Waals surface area contributed by atoms with Crippen molar-refractivity contribution in [1.82, 2.24) is 15.2 Å². The van der Waals surface area contributed by atoms with E-state index in [1.54, 1.807) is 0 Å². The predicted molar refractivity (Wildman–Crippen MR) is 67.6 cm³/mol. The second-order valence-corrected chi connectivity index (χ2v) is 3.94. The maximum atomic E-state index is 5.30. The zero-order valence-electron chi connectivity index (χ0n) is 10.5. The minimum absolute atomic E-state index is 0.262. The first-order valence-electron chi connectivity index (χ1n) is 6.01. The molecular weight excluding hydrogens is 248 g/mol. The molecule has 0 spiro atoms. The molecule has 0 atom stereocenters. The van der Waals surface area contributed by atoms with Crippen LogP contribution in [0, 0.1) is 0 Å². The second kappa shape index (κ2) is 5.15. The number of fused-ring (bicyclic) bond motifs is 1. The summed E-state index contributed by atoms with van der Waals surface area (Å²) >= 11 is 0. The molecule has 19 heavy (non-hydrogen) atoms. The van der Waals surface area contributed by atoms with Crippen LogP contribution >= 0.6 is 0 Å². The Morgan fingerprint density at radius 3 is 3.16 bits per heavy atom. The van der Waals surface area contributed by atoms with E-state index in [2.05, 4.69) is 20.5 Å². The highest BCUT2D eigenvalue weighted by atomic mass is 16.7. The summed E-state index contributed by atoms with van der Waals surface area (Å²) in [5.41, 5.74) is 0.839. The van der Waals surface area contributed by atoms with Crippen molar-refractivity contribution in [2.75, 3.05) is 18.7 Å². The molecule has 0 radical (unpaired) electrons. The van der Waals surface area contributed by atoms with Gasteiger partial charge >= 0.3 is 0 Å². The lowest BCUT2D eigenvalue weighted by Gasteiger charge is -2.02.